The Kier molecular flexibility index (Phi) is 5.23. The van der Waals surface area contributed by atoms with Gasteiger partial charge in [0.15, 0.2) is 0 Å². The smallest absolute Gasteiger partial charge is 0.251 e. The lowest BCUT2D eigenvalue weighted by atomic mass is 9.76. The molecule has 1 aromatic carbocycles. The number of aromatic nitrogens is 1. The number of pyridine rings is 1. The van der Waals surface area contributed by atoms with Crippen molar-refractivity contribution in [1.82, 2.24) is 10.3 Å². The lowest BCUT2D eigenvalue weighted by molar-refractivity contribution is 0.0238. The first-order chi connectivity index (χ1) is 11.7. The Morgan fingerprint density at radius 1 is 1.21 bits per heavy atom. The van der Waals surface area contributed by atoms with E-state index in [9.17, 15) is 9.90 Å². The fourth-order valence-corrected chi connectivity index (χ4v) is 3.05. The van der Waals surface area contributed by atoms with Crippen LogP contribution in [0.25, 0.3) is 0 Å². The van der Waals surface area contributed by atoms with Gasteiger partial charge >= 0.3 is 0 Å². The molecule has 1 heterocycles. The Balaban J connectivity index is 1.69. The third-order valence-corrected chi connectivity index (χ3v) is 4.59. The molecule has 0 radical (unpaired) electrons. The zero-order valence-electron chi connectivity index (χ0n) is 13.4. The molecule has 0 unspecified atom stereocenters. The highest BCUT2D eigenvalue weighted by atomic mass is 16.3. The maximum Gasteiger partial charge on any atom is 0.251 e. The monoisotopic (exact) mass is 326 g/mol. The predicted octanol–water partition coefficient (Wildman–Crippen LogP) is 1.69. The van der Waals surface area contributed by atoms with Crippen LogP contribution < -0.4 is 5.32 Å². The third kappa shape index (κ3) is 3.99. The summed E-state index contributed by atoms with van der Waals surface area (Å²) in [4.78, 5) is 16.9. The van der Waals surface area contributed by atoms with Crippen molar-refractivity contribution in [1.29, 1.82) is 0 Å². The predicted molar refractivity (Wildman–Crippen MR) is 90.3 cm³/mol. The summed E-state index contributed by atoms with van der Waals surface area (Å²) in [5, 5.41) is 21.8. The minimum Gasteiger partial charge on any atom is -0.393 e. The van der Waals surface area contributed by atoms with Crippen LogP contribution in [0.3, 0.4) is 0 Å². The zero-order valence-corrected chi connectivity index (χ0v) is 13.4. The lowest BCUT2D eigenvalue weighted by Gasteiger charge is -2.38. The molecule has 1 amide bonds. The largest absolute Gasteiger partial charge is 0.393 e. The Labute approximate surface area is 141 Å². The van der Waals surface area contributed by atoms with E-state index in [4.69, 9.17) is 5.11 Å². The van der Waals surface area contributed by atoms with Crippen molar-refractivity contribution < 1.29 is 15.0 Å². The summed E-state index contributed by atoms with van der Waals surface area (Å²) in [6.07, 6.45) is 3.56. The number of aliphatic hydroxyl groups is 2. The number of aliphatic hydroxyl groups excluding tert-OH is 2. The van der Waals surface area contributed by atoms with Gasteiger partial charge in [0.1, 0.15) is 0 Å². The van der Waals surface area contributed by atoms with Crippen molar-refractivity contribution in [3.8, 4) is 0 Å². The van der Waals surface area contributed by atoms with Gasteiger partial charge in [0.05, 0.1) is 12.7 Å². The SMILES string of the molecule is O=C(N[C@@H](Cc1ccccn1)C1CC(O)C1)c1ccc(CO)cc1. The first-order valence-electron chi connectivity index (χ1n) is 8.24. The van der Waals surface area contributed by atoms with E-state index in [0.717, 1.165) is 11.3 Å². The molecule has 1 aliphatic carbocycles. The number of amides is 1. The Morgan fingerprint density at radius 3 is 2.54 bits per heavy atom. The topological polar surface area (TPSA) is 82.5 Å². The van der Waals surface area contributed by atoms with Crippen molar-refractivity contribution in [3.63, 3.8) is 0 Å². The average Bonchev–Trinajstić information content (AvgIpc) is 2.59. The molecule has 3 rings (SSSR count). The molecule has 1 aromatic heterocycles. The van der Waals surface area contributed by atoms with Crippen LogP contribution in [0, 0.1) is 5.92 Å². The van der Waals surface area contributed by atoms with Crippen LogP contribution >= 0.6 is 0 Å². The Morgan fingerprint density at radius 2 is 1.96 bits per heavy atom. The molecule has 1 saturated carbocycles. The van der Waals surface area contributed by atoms with Gasteiger partial charge in [-0.15, -0.1) is 0 Å². The van der Waals surface area contributed by atoms with Crippen molar-refractivity contribution in [2.45, 2.75) is 38.0 Å². The second-order valence-electron chi connectivity index (χ2n) is 6.35. The van der Waals surface area contributed by atoms with E-state index in [1.54, 1.807) is 30.5 Å². The van der Waals surface area contributed by atoms with Gasteiger partial charge in [0.25, 0.3) is 5.91 Å². The summed E-state index contributed by atoms with van der Waals surface area (Å²) >= 11 is 0. The fourth-order valence-electron chi connectivity index (χ4n) is 3.05. The van der Waals surface area contributed by atoms with Gasteiger partial charge in [-0.25, -0.2) is 0 Å². The summed E-state index contributed by atoms with van der Waals surface area (Å²) < 4.78 is 0. The van der Waals surface area contributed by atoms with Crippen LogP contribution in [0.2, 0.25) is 0 Å². The van der Waals surface area contributed by atoms with E-state index in [1.165, 1.54) is 0 Å². The fraction of sp³-hybridized carbons (Fsp3) is 0.368. The number of hydrogen-bond donors (Lipinski definition) is 3. The van der Waals surface area contributed by atoms with Gasteiger partial charge in [0, 0.05) is 29.9 Å². The van der Waals surface area contributed by atoms with Crippen molar-refractivity contribution in [2.24, 2.45) is 5.92 Å². The highest BCUT2D eigenvalue weighted by Gasteiger charge is 2.35. The summed E-state index contributed by atoms with van der Waals surface area (Å²) in [5.41, 5.74) is 2.27. The molecular weight excluding hydrogens is 304 g/mol. The molecule has 0 bridgehead atoms. The second-order valence-corrected chi connectivity index (χ2v) is 6.35. The lowest BCUT2D eigenvalue weighted by Crippen LogP contribution is -2.48. The molecule has 126 valence electrons. The minimum absolute atomic E-state index is 0.0375. The maximum absolute atomic E-state index is 12.5. The number of carbonyl (C=O) groups excluding carboxylic acids is 1. The summed E-state index contributed by atoms with van der Waals surface area (Å²) in [5.74, 6) is 0.129. The molecule has 1 aliphatic rings. The van der Waals surface area contributed by atoms with Gasteiger partial charge in [-0.3, -0.25) is 9.78 Å². The Hall–Kier alpha value is -2.24. The van der Waals surface area contributed by atoms with Crippen LogP contribution in [0.5, 0.6) is 0 Å². The van der Waals surface area contributed by atoms with E-state index in [1.807, 2.05) is 18.2 Å². The Bertz CT molecular complexity index is 667. The number of rotatable bonds is 6. The number of hydrogen-bond acceptors (Lipinski definition) is 4. The minimum atomic E-state index is -0.262. The molecule has 3 N–H and O–H groups in total. The van der Waals surface area contributed by atoms with Crippen LogP contribution in [0.15, 0.2) is 48.7 Å². The van der Waals surface area contributed by atoms with Crippen LogP contribution in [-0.4, -0.2) is 33.3 Å². The third-order valence-electron chi connectivity index (χ3n) is 4.59. The van der Waals surface area contributed by atoms with E-state index in [-0.39, 0.29) is 30.6 Å². The average molecular weight is 326 g/mol. The first kappa shape index (κ1) is 16.6. The van der Waals surface area contributed by atoms with E-state index in [2.05, 4.69) is 10.3 Å². The molecule has 5 nitrogen and oxygen atoms in total. The highest BCUT2D eigenvalue weighted by molar-refractivity contribution is 5.94. The van der Waals surface area contributed by atoms with Crippen molar-refractivity contribution in [2.75, 3.05) is 0 Å². The molecule has 2 aromatic rings. The van der Waals surface area contributed by atoms with Crippen LogP contribution in [0.4, 0.5) is 0 Å². The van der Waals surface area contributed by atoms with Gasteiger partial charge in [-0.2, -0.15) is 0 Å². The number of benzene rings is 1. The molecular formula is C19H22N2O3. The van der Waals surface area contributed by atoms with Gasteiger partial charge in [-0.05, 0) is 48.6 Å². The quantitative estimate of drug-likeness (QED) is 0.754. The molecule has 24 heavy (non-hydrogen) atoms. The van der Waals surface area contributed by atoms with E-state index >= 15 is 0 Å². The normalized spacial score (nSPS) is 20.9. The first-order valence-corrected chi connectivity index (χ1v) is 8.24. The number of nitrogens with one attached hydrogen (secondary N) is 1. The summed E-state index contributed by atoms with van der Waals surface area (Å²) in [6.45, 7) is -0.0375. The van der Waals surface area contributed by atoms with Crippen molar-refractivity contribution >= 4 is 5.91 Å². The number of nitrogens with zero attached hydrogens (tertiary/aromatic N) is 1. The van der Waals surface area contributed by atoms with Crippen molar-refractivity contribution in [3.05, 3.63) is 65.5 Å². The summed E-state index contributed by atoms with van der Waals surface area (Å²) in [6, 6.07) is 12.6. The zero-order chi connectivity index (χ0) is 16.9. The van der Waals surface area contributed by atoms with E-state index in [0.29, 0.717) is 24.8 Å². The standard InChI is InChI=1S/C19H22N2O3/c22-12-13-4-6-14(7-5-13)19(24)21-18(15-9-17(23)10-15)11-16-3-1-2-8-20-16/h1-8,15,17-18,22-23H,9-12H2,(H,21,24)/t15?,17?,18-/m0/s1. The highest BCUT2D eigenvalue weighted by Crippen LogP contribution is 2.31. The maximum atomic E-state index is 12.5. The summed E-state index contributed by atoms with van der Waals surface area (Å²) in [7, 11) is 0. The molecule has 0 spiro atoms. The van der Waals surface area contributed by atoms with Crippen LogP contribution in [0.1, 0.15) is 34.5 Å². The van der Waals surface area contributed by atoms with Gasteiger partial charge in [-0.1, -0.05) is 18.2 Å². The van der Waals surface area contributed by atoms with Gasteiger partial charge < -0.3 is 15.5 Å². The van der Waals surface area contributed by atoms with E-state index < -0.39 is 0 Å². The molecule has 1 atom stereocenters. The molecule has 0 saturated heterocycles. The number of carbonyl (C=O) groups is 1. The molecule has 5 heteroatoms. The molecule has 0 aliphatic heterocycles. The second kappa shape index (κ2) is 7.55. The van der Waals surface area contributed by atoms with Crippen LogP contribution in [-0.2, 0) is 13.0 Å². The molecule has 1 fully saturated rings. The van der Waals surface area contributed by atoms with Gasteiger partial charge in [0.2, 0.25) is 0 Å².